The van der Waals surface area contributed by atoms with Crippen LogP contribution in [0.5, 0.6) is 0 Å². The standard InChI is InChI=1S/C22H18N2S2/c1(15-25-19-11-3-7-17-9-5-13-23-21(17)19)2-16-26-20-12-4-8-18-10-6-14-24-22(18)20/h1-14H,15-16H2. The fourth-order valence-electron chi connectivity index (χ4n) is 2.80. The molecule has 2 aromatic heterocycles. The number of hydrogen-bond acceptors (Lipinski definition) is 4. The van der Waals surface area contributed by atoms with Crippen LogP contribution in [0.2, 0.25) is 0 Å². The predicted molar refractivity (Wildman–Crippen MR) is 114 cm³/mol. The minimum absolute atomic E-state index is 0.948. The number of benzene rings is 2. The Labute approximate surface area is 161 Å². The normalized spacial score (nSPS) is 11.5. The van der Waals surface area contributed by atoms with Crippen LogP contribution in [0, 0.1) is 0 Å². The van der Waals surface area contributed by atoms with Gasteiger partial charge in [-0.1, -0.05) is 48.6 Å². The number of hydrogen-bond donors (Lipinski definition) is 0. The first-order valence-electron chi connectivity index (χ1n) is 8.50. The molecule has 0 saturated carbocycles. The van der Waals surface area contributed by atoms with Crippen molar-refractivity contribution in [3.05, 3.63) is 85.2 Å². The molecular weight excluding hydrogens is 356 g/mol. The van der Waals surface area contributed by atoms with Gasteiger partial charge in [0.2, 0.25) is 0 Å². The molecule has 128 valence electrons. The molecule has 0 bridgehead atoms. The Bertz CT molecular complexity index is 964. The van der Waals surface area contributed by atoms with Gasteiger partial charge in [-0.25, -0.2) is 0 Å². The largest absolute Gasteiger partial charge is 0.255 e. The van der Waals surface area contributed by atoms with Crippen LogP contribution in [0.25, 0.3) is 21.8 Å². The Morgan fingerprint density at radius 3 is 1.58 bits per heavy atom. The van der Waals surface area contributed by atoms with Crippen molar-refractivity contribution in [1.82, 2.24) is 9.97 Å². The maximum absolute atomic E-state index is 4.51. The number of rotatable bonds is 6. The maximum atomic E-state index is 4.51. The summed E-state index contributed by atoms with van der Waals surface area (Å²) < 4.78 is 0. The Kier molecular flexibility index (Phi) is 5.53. The molecule has 0 aliphatic rings. The molecule has 2 nitrogen and oxygen atoms in total. The Balaban J connectivity index is 1.34. The molecule has 0 radical (unpaired) electrons. The second-order valence-electron chi connectivity index (χ2n) is 5.76. The number of fused-ring (bicyclic) bond motifs is 2. The molecule has 2 aromatic carbocycles. The lowest BCUT2D eigenvalue weighted by Crippen LogP contribution is -1.83. The lowest BCUT2D eigenvalue weighted by molar-refractivity contribution is 1.35. The zero-order valence-electron chi connectivity index (χ0n) is 14.2. The van der Waals surface area contributed by atoms with Gasteiger partial charge in [0.25, 0.3) is 0 Å². The highest BCUT2D eigenvalue weighted by atomic mass is 32.2. The second-order valence-corrected chi connectivity index (χ2v) is 7.88. The van der Waals surface area contributed by atoms with Crippen LogP contribution in [0.3, 0.4) is 0 Å². The maximum Gasteiger partial charge on any atom is 0.0837 e. The van der Waals surface area contributed by atoms with Crippen molar-refractivity contribution in [2.75, 3.05) is 11.5 Å². The lowest BCUT2D eigenvalue weighted by atomic mass is 10.2. The van der Waals surface area contributed by atoms with E-state index in [1.54, 1.807) is 0 Å². The van der Waals surface area contributed by atoms with Crippen LogP contribution in [-0.2, 0) is 0 Å². The van der Waals surface area contributed by atoms with Gasteiger partial charge in [0.1, 0.15) is 0 Å². The van der Waals surface area contributed by atoms with Crippen LogP contribution in [0.1, 0.15) is 0 Å². The van der Waals surface area contributed by atoms with Crippen molar-refractivity contribution in [2.45, 2.75) is 9.79 Å². The quantitative estimate of drug-likeness (QED) is 0.295. The minimum atomic E-state index is 0.948. The van der Waals surface area contributed by atoms with Crippen LogP contribution in [0.15, 0.2) is 95.0 Å². The third kappa shape index (κ3) is 3.92. The Morgan fingerprint density at radius 1 is 0.615 bits per heavy atom. The van der Waals surface area contributed by atoms with Gasteiger partial charge < -0.3 is 0 Å². The number of nitrogens with zero attached hydrogens (tertiary/aromatic N) is 2. The number of pyridine rings is 2. The first-order chi connectivity index (χ1) is 12.9. The first-order valence-corrected chi connectivity index (χ1v) is 10.5. The SMILES string of the molecule is C(=CCSc1cccc2cccnc12)CSc1cccc2cccnc12. The molecular formula is C22H18N2S2. The van der Waals surface area contributed by atoms with Gasteiger partial charge in [0, 0.05) is 44.5 Å². The molecule has 0 spiro atoms. The molecule has 0 unspecified atom stereocenters. The van der Waals surface area contributed by atoms with Crippen LogP contribution in [-0.4, -0.2) is 21.5 Å². The molecule has 0 aliphatic carbocycles. The summed E-state index contributed by atoms with van der Waals surface area (Å²) in [6.07, 6.45) is 8.18. The fraction of sp³-hybridized carbons (Fsp3) is 0.0909. The van der Waals surface area contributed by atoms with E-state index in [0.717, 1.165) is 22.5 Å². The zero-order chi connectivity index (χ0) is 17.6. The summed E-state index contributed by atoms with van der Waals surface area (Å²) in [6.45, 7) is 0. The fourth-order valence-corrected chi connectivity index (χ4v) is 4.59. The van der Waals surface area contributed by atoms with Gasteiger partial charge in [0.15, 0.2) is 0 Å². The van der Waals surface area contributed by atoms with E-state index in [2.05, 4.69) is 70.7 Å². The van der Waals surface area contributed by atoms with Crippen molar-refractivity contribution in [1.29, 1.82) is 0 Å². The van der Waals surface area contributed by atoms with Gasteiger partial charge in [0.05, 0.1) is 11.0 Å². The molecule has 4 heteroatoms. The third-order valence-corrected chi connectivity index (χ3v) is 6.03. The average molecular weight is 375 g/mol. The summed E-state index contributed by atoms with van der Waals surface area (Å²) in [5.41, 5.74) is 2.18. The van der Waals surface area contributed by atoms with Gasteiger partial charge in [-0.2, -0.15) is 0 Å². The first kappa shape index (κ1) is 17.1. The highest BCUT2D eigenvalue weighted by Crippen LogP contribution is 2.27. The van der Waals surface area contributed by atoms with E-state index in [1.807, 2.05) is 48.1 Å². The van der Waals surface area contributed by atoms with Crippen LogP contribution in [0.4, 0.5) is 0 Å². The van der Waals surface area contributed by atoms with E-state index >= 15 is 0 Å². The highest BCUT2D eigenvalue weighted by Gasteiger charge is 2.02. The van der Waals surface area contributed by atoms with E-state index in [4.69, 9.17) is 0 Å². The average Bonchev–Trinajstić information content (AvgIpc) is 2.71. The minimum Gasteiger partial charge on any atom is -0.255 e. The molecule has 0 aliphatic heterocycles. The topological polar surface area (TPSA) is 25.8 Å². The number of para-hydroxylation sites is 2. The summed E-state index contributed by atoms with van der Waals surface area (Å²) in [5.74, 6) is 1.90. The third-order valence-electron chi connectivity index (χ3n) is 4.03. The molecule has 0 N–H and O–H groups in total. The van der Waals surface area contributed by atoms with E-state index in [0.29, 0.717) is 0 Å². The molecule has 0 fully saturated rings. The van der Waals surface area contributed by atoms with Crippen molar-refractivity contribution in [2.24, 2.45) is 0 Å². The number of aromatic nitrogens is 2. The molecule has 26 heavy (non-hydrogen) atoms. The molecule has 2 heterocycles. The molecule has 0 atom stereocenters. The summed E-state index contributed by atoms with van der Waals surface area (Å²) in [5, 5.41) is 2.39. The monoisotopic (exact) mass is 374 g/mol. The van der Waals surface area contributed by atoms with Gasteiger partial charge in [-0.3, -0.25) is 9.97 Å². The predicted octanol–water partition coefficient (Wildman–Crippen LogP) is 6.22. The van der Waals surface area contributed by atoms with E-state index < -0.39 is 0 Å². The summed E-state index contributed by atoms with van der Waals surface area (Å²) >= 11 is 3.66. The lowest BCUT2D eigenvalue weighted by Gasteiger charge is -2.04. The van der Waals surface area contributed by atoms with Crippen LogP contribution >= 0.6 is 23.5 Å². The Morgan fingerprint density at radius 2 is 1.08 bits per heavy atom. The smallest absolute Gasteiger partial charge is 0.0837 e. The van der Waals surface area contributed by atoms with Crippen molar-refractivity contribution in [3.63, 3.8) is 0 Å². The summed E-state index contributed by atoms with van der Waals surface area (Å²) in [7, 11) is 0. The van der Waals surface area contributed by atoms with Crippen molar-refractivity contribution in [3.8, 4) is 0 Å². The molecule has 4 aromatic rings. The molecule has 0 saturated heterocycles. The van der Waals surface area contributed by atoms with Crippen molar-refractivity contribution >= 4 is 45.3 Å². The Hall–Kier alpha value is -2.30. The molecule has 0 amide bonds. The van der Waals surface area contributed by atoms with Gasteiger partial charge in [-0.15, -0.1) is 23.5 Å². The van der Waals surface area contributed by atoms with E-state index in [-0.39, 0.29) is 0 Å². The second kappa shape index (κ2) is 8.39. The number of thioether (sulfide) groups is 2. The molecule has 4 rings (SSSR count). The highest BCUT2D eigenvalue weighted by molar-refractivity contribution is 8.00. The summed E-state index contributed by atoms with van der Waals surface area (Å²) in [4.78, 5) is 11.5. The van der Waals surface area contributed by atoms with Gasteiger partial charge >= 0.3 is 0 Å². The van der Waals surface area contributed by atoms with E-state index in [9.17, 15) is 0 Å². The van der Waals surface area contributed by atoms with E-state index in [1.165, 1.54) is 20.6 Å². The van der Waals surface area contributed by atoms with Gasteiger partial charge in [-0.05, 0) is 24.3 Å². The van der Waals surface area contributed by atoms with Crippen LogP contribution < -0.4 is 0 Å². The summed E-state index contributed by atoms with van der Waals surface area (Å²) in [6, 6.07) is 20.9. The van der Waals surface area contributed by atoms with Crippen molar-refractivity contribution < 1.29 is 0 Å². The zero-order valence-corrected chi connectivity index (χ0v) is 15.8.